The third-order valence-corrected chi connectivity index (χ3v) is 5.34. The molecule has 1 aliphatic heterocycles. The number of aliphatic hydroxyl groups excluding tert-OH is 5. The molecular formula is C21H25ClO7. The number of hydrogen-bond donors (Lipinski definition) is 5. The van der Waals surface area contributed by atoms with Crippen LogP contribution in [0.4, 0.5) is 0 Å². The van der Waals surface area contributed by atoms with Gasteiger partial charge in [0, 0.05) is 5.02 Å². The van der Waals surface area contributed by atoms with Crippen LogP contribution >= 0.6 is 11.6 Å². The highest BCUT2D eigenvalue weighted by molar-refractivity contribution is 6.31. The minimum Gasteiger partial charge on any atom is -0.491 e. The van der Waals surface area contributed by atoms with E-state index in [1.54, 1.807) is 30.3 Å². The molecule has 0 amide bonds. The van der Waals surface area contributed by atoms with E-state index in [-0.39, 0.29) is 13.2 Å². The van der Waals surface area contributed by atoms with Crippen LogP contribution in [0.15, 0.2) is 42.5 Å². The molecule has 0 saturated carbocycles. The average Bonchev–Trinajstić information content (AvgIpc) is 2.73. The zero-order valence-corrected chi connectivity index (χ0v) is 16.4. The average molecular weight is 425 g/mol. The summed E-state index contributed by atoms with van der Waals surface area (Å²) in [5.41, 5.74) is 2.36. The zero-order chi connectivity index (χ0) is 21.0. The van der Waals surface area contributed by atoms with Crippen molar-refractivity contribution in [1.82, 2.24) is 0 Å². The topological polar surface area (TPSA) is 120 Å². The SMILES string of the molecule is OCCOc1ccc(Cc2cc([C@H]3O[C@H](CO)[C@@H](O)[C@H](O)[C@H]3O)ccc2Cl)cc1. The predicted octanol–water partition coefficient (Wildman–Crippen LogP) is 0.817. The molecule has 29 heavy (non-hydrogen) atoms. The van der Waals surface area contributed by atoms with Gasteiger partial charge in [-0.25, -0.2) is 0 Å². The van der Waals surface area contributed by atoms with Gasteiger partial charge in [0.15, 0.2) is 0 Å². The second-order valence-corrected chi connectivity index (χ2v) is 7.40. The van der Waals surface area contributed by atoms with Crippen molar-refractivity contribution >= 4 is 11.6 Å². The van der Waals surface area contributed by atoms with E-state index in [2.05, 4.69) is 0 Å². The minimum absolute atomic E-state index is 0.0535. The van der Waals surface area contributed by atoms with E-state index in [1.807, 2.05) is 12.1 Å². The number of ether oxygens (including phenoxy) is 2. The van der Waals surface area contributed by atoms with Crippen LogP contribution in [-0.2, 0) is 11.2 Å². The van der Waals surface area contributed by atoms with Gasteiger partial charge in [0.2, 0.25) is 0 Å². The molecule has 8 heteroatoms. The lowest BCUT2D eigenvalue weighted by molar-refractivity contribution is -0.231. The highest BCUT2D eigenvalue weighted by Crippen LogP contribution is 2.34. The van der Waals surface area contributed by atoms with Crippen molar-refractivity contribution in [2.45, 2.75) is 36.9 Å². The maximum Gasteiger partial charge on any atom is 0.119 e. The van der Waals surface area contributed by atoms with Gasteiger partial charge < -0.3 is 35.0 Å². The van der Waals surface area contributed by atoms with Crippen LogP contribution in [0.1, 0.15) is 22.8 Å². The lowest BCUT2D eigenvalue weighted by Gasteiger charge is -2.40. The summed E-state index contributed by atoms with van der Waals surface area (Å²) in [6.45, 7) is -0.305. The molecule has 158 valence electrons. The maximum atomic E-state index is 10.3. The Bertz CT molecular complexity index is 796. The molecular weight excluding hydrogens is 400 g/mol. The fraction of sp³-hybridized carbons (Fsp3) is 0.429. The molecule has 0 radical (unpaired) electrons. The minimum atomic E-state index is -1.43. The number of rotatable bonds is 7. The van der Waals surface area contributed by atoms with Crippen LogP contribution in [0.3, 0.4) is 0 Å². The van der Waals surface area contributed by atoms with E-state index in [0.29, 0.717) is 22.8 Å². The van der Waals surface area contributed by atoms with Crippen LogP contribution in [0, 0.1) is 0 Å². The maximum absolute atomic E-state index is 10.3. The van der Waals surface area contributed by atoms with Crippen LogP contribution in [0.25, 0.3) is 0 Å². The Morgan fingerprint density at radius 1 is 0.931 bits per heavy atom. The summed E-state index contributed by atoms with van der Waals surface area (Å²) in [6, 6.07) is 12.6. The monoisotopic (exact) mass is 424 g/mol. The summed E-state index contributed by atoms with van der Waals surface area (Å²) in [5.74, 6) is 0.656. The first-order valence-corrected chi connectivity index (χ1v) is 9.73. The van der Waals surface area contributed by atoms with Crippen LogP contribution < -0.4 is 4.74 Å². The van der Waals surface area contributed by atoms with E-state index in [4.69, 9.17) is 26.2 Å². The second-order valence-electron chi connectivity index (χ2n) is 6.99. The molecule has 2 aromatic carbocycles. The molecule has 2 aromatic rings. The van der Waals surface area contributed by atoms with Gasteiger partial charge in [-0.3, -0.25) is 0 Å². The summed E-state index contributed by atoms with van der Waals surface area (Å²) < 4.78 is 11.0. The molecule has 1 saturated heterocycles. The molecule has 0 unspecified atom stereocenters. The van der Waals surface area contributed by atoms with Crippen LogP contribution in [0.5, 0.6) is 5.75 Å². The molecule has 3 rings (SSSR count). The third kappa shape index (κ3) is 5.07. The van der Waals surface area contributed by atoms with Gasteiger partial charge >= 0.3 is 0 Å². The first-order valence-electron chi connectivity index (χ1n) is 9.36. The molecule has 5 N–H and O–H groups in total. The first kappa shape index (κ1) is 22.0. The van der Waals surface area contributed by atoms with Gasteiger partial charge in [-0.15, -0.1) is 0 Å². The normalized spacial score (nSPS) is 27.0. The molecule has 1 fully saturated rings. The Morgan fingerprint density at radius 3 is 2.31 bits per heavy atom. The van der Waals surface area contributed by atoms with Gasteiger partial charge in [-0.05, 0) is 41.3 Å². The molecule has 0 aliphatic carbocycles. The Hall–Kier alpha value is -1.71. The van der Waals surface area contributed by atoms with Crippen molar-refractivity contribution in [2.75, 3.05) is 19.8 Å². The van der Waals surface area contributed by atoms with Crippen molar-refractivity contribution in [3.05, 3.63) is 64.2 Å². The van der Waals surface area contributed by atoms with Crippen molar-refractivity contribution in [3.8, 4) is 5.75 Å². The van der Waals surface area contributed by atoms with E-state index in [1.165, 1.54) is 0 Å². The zero-order valence-electron chi connectivity index (χ0n) is 15.7. The Morgan fingerprint density at radius 2 is 1.66 bits per heavy atom. The molecule has 0 bridgehead atoms. The highest BCUT2D eigenvalue weighted by atomic mass is 35.5. The summed E-state index contributed by atoms with van der Waals surface area (Å²) in [5, 5.41) is 49.1. The molecule has 0 spiro atoms. The highest BCUT2D eigenvalue weighted by Gasteiger charge is 2.43. The molecule has 1 heterocycles. The number of benzene rings is 2. The van der Waals surface area contributed by atoms with E-state index >= 15 is 0 Å². The summed E-state index contributed by atoms with van der Waals surface area (Å²) >= 11 is 6.34. The lowest BCUT2D eigenvalue weighted by atomic mass is 9.90. The number of aliphatic hydroxyl groups is 5. The smallest absolute Gasteiger partial charge is 0.119 e. The van der Waals surface area contributed by atoms with Crippen molar-refractivity contribution in [2.24, 2.45) is 0 Å². The fourth-order valence-electron chi connectivity index (χ4n) is 3.37. The van der Waals surface area contributed by atoms with E-state index in [0.717, 1.165) is 11.1 Å². The number of hydrogen-bond acceptors (Lipinski definition) is 7. The standard InChI is InChI=1S/C21H25ClO7/c22-16-6-3-13(21-20(27)19(26)18(25)17(11-24)29-21)10-14(16)9-12-1-4-15(5-2-12)28-8-7-23/h1-6,10,17-21,23-27H,7-9,11H2/t17-,18-,19+,20-,21-/m1/s1. The molecule has 0 aromatic heterocycles. The van der Waals surface area contributed by atoms with Crippen molar-refractivity contribution in [3.63, 3.8) is 0 Å². The molecule has 7 nitrogen and oxygen atoms in total. The lowest BCUT2D eigenvalue weighted by Crippen LogP contribution is -2.55. The van der Waals surface area contributed by atoms with Crippen molar-refractivity contribution < 1.29 is 35.0 Å². The fourth-order valence-corrected chi connectivity index (χ4v) is 3.56. The summed E-state index contributed by atoms with van der Waals surface area (Å²) in [4.78, 5) is 0. The quantitative estimate of drug-likeness (QED) is 0.446. The van der Waals surface area contributed by atoms with E-state index in [9.17, 15) is 20.4 Å². The molecule has 1 aliphatic rings. The Kier molecular flexibility index (Phi) is 7.48. The van der Waals surface area contributed by atoms with Crippen LogP contribution in [-0.4, -0.2) is 69.8 Å². The van der Waals surface area contributed by atoms with Crippen molar-refractivity contribution in [1.29, 1.82) is 0 Å². The van der Waals surface area contributed by atoms with Gasteiger partial charge in [0.1, 0.15) is 42.9 Å². The van der Waals surface area contributed by atoms with Gasteiger partial charge in [-0.2, -0.15) is 0 Å². The first-order chi connectivity index (χ1) is 13.9. The molecule has 5 atom stereocenters. The summed E-state index contributed by atoms with van der Waals surface area (Å²) in [7, 11) is 0. The second kappa shape index (κ2) is 9.86. The Balaban J connectivity index is 1.79. The largest absolute Gasteiger partial charge is 0.491 e. The van der Waals surface area contributed by atoms with Gasteiger partial charge in [0.25, 0.3) is 0 Å². The van der Waals surface area contributed by atoms with Gasteiger partial charge in [-0.1, -0.05) is 35.9 Å². The van der Waals surface area contributed by atoms with E-state index < -0.39 is 37.1 Å². The summed E-state index contributed by atoms with van der Waals surface area (Å²) in [6.07, 6.45) is -5.53. The van der Waals surface area contributed by atoms with Gasteiger partial charge in [0.05, 0.1) is 13.2 Å². The Labute approximate surface area is 173 Å². The predicted molar refractivity (Wildman–Crippen MR) is 106 cm³/mol. The third-order valence-electron chi connectivity index (χ3n) is 4.97. The van der Waals surface area contributed by atoms with Crippen LogP contribution in [0.2, 0.25) is 5.02 Å². The number of halogens is 1.